The molecule has 0 saturated carbocycles. The minimum Gasteiger partial charge on any atom is -0.355 e. The molecule has 0 radical (unpaired) electrons. The van der Waals surface area contributed by atoms with E-state index in [2.05, 4.69) is 27.5 Å². The zero-order valence-electron chi connectivity index (χ0n) is 27.0. The zero-order chi connectivity index (χ0) is 31.6. The second-order valence-corrected chi connectivity index (χ2v) is 13.0. The third-order valence-corrected chi connectivity index (χ3v) is 8.71. The lowest BCUT2D eigenvalue weighted by Gasteiger charge is -2.22. The number of benzene rings is 1. The summed E-state index contributed by atoms with van der Waals surface area (Å²) in [4.78, 5) is 13.0. The van der Waals surface area contributed by atoms with Gasteiger partial charge in [-0.25, -0.2) is 4.52 Å². The fraction of sp³-hybridized carbons (Fsp3) is 0.676. The molecule has 2 heterocycles. The van der Waals surface area contributed by atoms with Crippen molar-refractivity contribution in [2.45, 2.75) is 130 Å². The smallest absolute Gasteiger partial charge is 0.271 e. The van der Waals surface area contributed by atoms with E-state index < -0.39 is 6.23 Å². The van der Waals surface area contributed by atoms with Crippen LogP contribution in [0.4, 0.5) is 0 Å². The Kier molecular flexibility index (Phi) is 17.2. The van der Waals surface area contributed by atoms with Gasteiger partial charge in [0.05, 0.1) is 10.0 Å². The molecule has 8 nitrogen and oxygen atoms in total. The third-order valence-electron chi connectivity index (χ3n) is 7.97. The molecule has 1 aromatic carbocycles. The molecule has 0 spiro atoms. The Morgan fingerprint density at radius 2 is 1.43 bits per heavy atom. The molecule has 3 rings (SSSR count). The van der Waals surface area contributed by atoms with Crippen LogP contribution >= 0.6 is 23.2 Å². The summed E-state index contributed by atoms with van der Waals surface area (Å²) in [5.74, 6) is 0.287. The van der Waals surface area contributed by atoms with Crippen molar-refractivity contribution in [2.75, 3.05) is 13.4 Å². The molecule has 0 bridgehead atoms. The van der Waals surface area contributed by atoms with Gasteiger partial charge in [-0.15, -0.1) is 10.2 Å². The molecule has 1 amide bonds. The maximum atomic E-state index is 13.0. The van der Waals surface area contributed by atoms with Crippen molar-refractivity contribution in [1.82, 2.24) is 25.1 Å². The van der Waals surface area contributed by atoms with Gasteiger partial charge in [-0.1, -0.05) is 140 Å². The third kappa shape index (κ3) is 12.7. The summed E-state index contributed by atoms with van der Waals surface area (Å²) in [6.07, 6.45) is 21.1. The number of carbonyl (C=O) groups is 1. The van der Waals surface area contributed by atoms with E-state index in [4.69, 9.17) is 32.7 Å². The van der Waals surface area contributed by atoms with E-state index in [1.165, 1.54) is 96.3 Å². The summed E-state index contributed by atoms with van der Waals surface area (Å²) in [6, 6.07) is 6.86. The van der Waals surface area contributed by atoms with E-state index in [1.54, 1.807) is 28.8 Å². The maximum absolute atomic E-state index is 13.0. The van der Waals surface area contributed by atoms with Crippen LogP contribution in [0.5, 0.6) is 0 Å². The predicted octanol–water partition coefficient (Wildman–Crippen LogP) is 10.00. The van der Waals surface area contributed by atoms with Crippen molar-refractivity contribution in [3.8, 4) is 11.4 Å². The van der Waals surface area contributed by atoms with E-state index >= 15 is 0 Å². The number of nitrogens with zero attached hydrogens (tertiary/aromatic N) is 3. The van der Waals surface area contributed by atoms with Crippen molar-refractivity contribution < 1.29 is 14.3 Å². The van der Waals surface area contributed by atoms with Crippen molar-refractivity contribution in [1.29, 1.82) is 0 Å². The molecule has 2 N–H and O–H groups in total. The van der Waals surface area contributed by atoms with E-state index in [-0.39, 0.29) is 18.6 Å². The monoisotopic (exact) mass is 649 g/mol. The first-order chi connectivity index (χ1) is 21.4. The first-order valence-electron chi connectivity index (χ1n) is 16.8. The predicted molar refractivity (Wildman–Crippen MR) is 180 cm³/mol. The van der Waals surface area contributed by atoms with Crippen LogP contribution in [0.2, 0.25) is 10.0 Å². The maximum Gasteiger partial charge on any atom is 0.271 e. The lowest BCUT2D eigenvalue weighted by Crippen LogP contribution is -2.41. The number of fused-ring (bicyclic) bond motifs is 1. The van der Waals surface area contributed by atoms with Gasteiger partial charge >= 0.3 is 0 Å². The molecule has 44 heavy (non-hydrogen) atoms. The van der Waals surface area contributed by atoms with E-state index in [9.17, 15) is 4.79 Å². The number of aromatic amines is 1. The number of hydrogen-bond acceptors (Lipinski definition) is 5. The van der Waals surface area contributed by atoms with Gasteiger partial charge in [-0.2, -0.15) is 0 Å². The van der Waals surface area contributed by atoms with Gasteiger partial charge in [0.2, 0.25) is 0 Å². The SMILES string of the molecule is CCCCCCCCCCCCCCCCCCOCOC(NC(=O)c1cc2nnc(-c3ccc(Cl)c(Cl)c3)n2[nH]1)C(C)C. The van der Waals surface area contributed by atoms with Crippen LogP contribution in [0.25, 0.3) is 17.0 Å². The zero-order valence-corrected chi connectivity index (χ0v) is 28.5. The number of unbranched alkanes of at least 4 members (excludes halogenated alkanes) is 15. The molecular weight excluding hydrogens is 597 g/mol. The molecule has 1 unspecified atom stereocenters. The normalized spacial score (nSPS) is 12.4. The summed E-state index contributed by atoms with van der Waals surface area (Å²) in [6.45, 7) is 7.07. The number of ether oxygens (including phenoxy) is 2. The average Bonchev–Trinajstić information content (AvgIpc) is 3.60. The summed E-state index contributed by atoms with van der Waals surface area (Å²) in [5, 5.41) is 15.3. The Labute approximate surface area is 273 Å². The fourth-order valence-electron chi connectivity index (χ4n) is 5.26. The van der Waals surface area contributed by atoms with Crippen LogP contribution in [0, 0.1) is 5.92 Å². The van der Waals surface area contributed by atoms with E-state index in [0.717, 1.165) is 12.0 Å². The molecule has 10 heteroatoms. The summed E-state index contributed by atoms with van der Waals surface area (Å²) in [5.41, 5.74) is 1.59. The van der Waals surface area contributed by atoms with Crippen molar-refractivity contribution in [3.05, 3.63) is 40.0 Å². The second-order valence-electron chi connectivity index (χ2n) is 12.2. The van der Waals surface area contributed by atoms with Gasteiger partial charge in [-0.3, -0.25) is 9.89 Å². The number of carbonyl (C=O) groups excluding carboxylic acids is 1. The Bertz CT molecular complexity index is 1230. The largest absolute Gasteiger partial charge is 0.355 e. The molecule has 0 aliphatic heterocycles. The molecule has 0 fully saturated rings. The molecule has 3 aromatic rings. The number of amides is 1. The molecule has 0 aliphatic rings. The van der Waals surface area contributed by atoms with Gasteiger partial charge in [0.15, 0.2) is 11.5 Å². The molecular formula is C34H53Cl2N5O3. The van der Waals surface area contributed by atoms with Gasteiger partial charge in [0.25, 0.3) is 5.91 Å². The van der Waals surface area contributed by atoms with Gasteiger partial charge in [0.1, 0.15) is 18.7 Å². The Balaban J connectivity index is 1.24. The lowest BCUT2D eigenvalue weighted by atomic mass is 10.0. The molecule has 0 aliphatic carbocycles. The van der Waals surface area contributed by atoms with Gasteiger partial charge < -0.3 is 14.8 Å². The first kappa shape index (κ1) is 36.3. The highest BCUT2D eigenvalue weighted by molar-refractivity contribution is 6.42. The van der Waals surface area contributed by atoms with Crippen LogP contribution in [0.15, 0.2) is 24.3 Å². The number of rotatable bonds is 24. The Hall–Kier alpha value is -2.13. The first-order valence-corrected chi connectivity index (χ1v) is 17.6. The number of hydrogen-bond donors (Lipinski definition) is 2. The highest BCUT2D eigenvalue weighted by Gasteiger charge is 2.21. The second kappa shape index (κ2) is 20.8. The van der Waals surface area contributed by atoms with Crippen LogP contribution in [-0.2, 0) is 9.47 Å². The standard InChI is InChI=1S/C34H53Cl2N5O3/c1-4-5-6-7-8-9-10-11-12-13-14-15-16-17-18-19-22-43-25-44-34(26(2)3)37-33(42)30-24-31-38-39-32(41(31)40-30)27-20-21-28(35)29(36)23-27/h20-21,23-24,26,34,40H,4-19,22,25H2,1-3H3,(H,37,42). The lowest BCUT2D eigenvalue weighted by molar-refractivity contribution is -0.110. The summed E-state index contributed by atoms with van der Waals surface area (Å²) < 4.78 is 13.2. The number of halogens is 2. The molecule has 2 aromatic heterocycles. The van der Waals surface area contributed by atoms with Crippen molar-refractivity contribution in [3.63, 3.8) is 0 Å². The average molecular weight is 651 g/mol. The summed E-state index contributed by atoms with van der Waals surface area (Å²) >= 11 is 12.2. The molecule has 1 atom stereocenters. The van der Waals surface area contributed by atoms with E-state index in [1.807, 2.05) is 13.8 Å². The van der Waals surface area contributed by atoms with Crippen LogP contribution in [0.3, 0.4) is 0 Å². The van der Waals surface area contributed by atoms with Crippen LogP contribution < -0.4 is 5.32 Å². The minimum atomic E-state index is -0.489. The number of H-pyrrole nitrogens is 1. The van der Waals surface area contributed by atoms with Crippen molar-refractivity contribution in [2.24, 2.45) is 5.92 Å². The topological polar surface area (TPSA) is 93.5 Å². The highest BCUT2D eigenvalue weighted by atomic mass is 35.5. The van der Waals surface area contributed by atoms with Gasteiger partial charge in [-0.05, 0) is 30.5 Å². The van der Waals surface area contributed by atoms with Crippen molar-refractivity contribution >= 4 is 34.8 Å². The number of nitrogens with one attached hydrogen (secondary N) is 2. The van der Waals surface area contributed by atoms with E-state index in [0.29, 0.717) is 33.8 Å². The molecule has 246 valence electrons. The van der Waals surface area contributed by atoms with Gasteiger partial charge in [0, 0.05) is 18.2 Å². The minimum absolute atomic E-state index is 0.0607. The quantitative estimate of drug-likeness (QED) is 0.0744. The highest BCUT2D eigenvalue weighted by Crippen LogP contribution is 2.28. The Morgan fingerprint density at radius 1 is 0.841 bits per heavy atom. The van der Waals surface area contributed by atoms with Crippen LogP contribution in [-0.4, -0.2) is 45.3 Å². The fourth-order valence-corrected chi connectivity index (χ4v) is 5.56. The van der Waals surface area contributed by atoms with Crippen LogP contribution in [0.1, 0.15) is 134 Å². The number of aromatic nitrogens is 4. The Morgan fingerprint density at radius 3 is 2.00 bits per heavy atom. The summed E-state index contributed by atoms with van der Waals surface area (Å²) in [7, 11) is 0. The molecule has 0 saturated heterocycles.